The molecule has 0 saturated carbocycles. The molecule has 2 saturated heterocycles. The molecule has 0 aromatic carbocycles. The second-order valence-corrected chi connectivity index (χ2v) is 5.29. The molecular weight excluding hydrogens is 214 g/mol. The van der Waals surface area contributed by atoms with Crippen LogP contribution in [-0.4, -0.2) is 54.5 Å². The summed E-state index contributed by atoms with van der Waals surface area (Å²) in [5.41, 5.74) is 5.56. The Kier molecular flexibility index (Phi) is 4.80. The number of carbonyl (C=O) groups is 1. The van der Waals surface area contributed by atoms with Crippen molar-refractivity contribution in [2.75, 3.05) is 32.7 Å². The number of rotatable bonds is 5. The lowest BCUT2D eigenvalue weighted by Crippen LogP contribution is -2.41. The molecule has 1 atom stereocenters. The Balaban J connectivity index is 1.78. The van der Waals surface area contributed by atoms with Crippen LogP contribution >= 0.6 is 0 Å². The van der Waals surface area contributed by atoms with Crippen LogP contribution in [0.1, 0.15) is 38.5 Å². The van der Waals surface area contributed by atoms with Crippen LogP contribution in [0.2, 0.25) is 0 Å². The minimum absolute atomic E-state index is 0.335. The smallest absolute Gasteiger partial charge is 0.236 e. The number of hydrogen-bond acceptors (Lipinski definition) is 3. The SMILES string of the molecule is NCCCC1CCCN1CC(=O)N1CCCC1. The monoisotopic (exact) mass is 239 g/mol. The van der Waals surface area contributed by atoms with Gasteiger partial charge in [0.1, 0.15) is 0 Å². The summed E-state index contributed by atoms with van der Waals surface area (Å²) >= 11 is 0. The predicted octanol–water partition coefficient (Wildman–Crippen LogP) is 0.812. The van der Waals surface area contributed by atoms with Gasteiger partial charge in [-0.25, -0.2) is 0 Å². The average Bonchev–Trinajstić information content (AvgIpc) is 2.97. The van der Waals surface area contributed by atoms with Gasteiger partial charge in [-0.15, -0.1) is 0 Å². The largest absolute Gasteiger partial charge is 0.342 e. The summed E-state index contributed by atoms with van der Waals surface area (Å²) in [5.74, 6) is 0.335. The fourth-order valence-electron chi connectivity index (χ4n) is 3.02. The summed E-state index contributed by atoms with van der Waals surface area (Å²) < 4.78 is 0. The van der Waals surface area contributed by atoms with Crippen LogP contribution < -0.4 is 5.73 Å². The van der Waals surface area contributed by atoms with E-state index >= 15 is 0 Å². The van der Waals surface area contributed by atoms with Gasteiger partial charge in [-0.2, -0.15) is 0 Å². The van der Waals surface area contributed by atoms with Crippen LogP contribution in [0.15, 0.2) is 0 Å². The van der Waals surface area contributed by atoms with Crippen molar-refractivity contribution in [1.82, 2.24) is 9.80 Å². The zero-order chi connectivity index (χ0) is 12.1. The highest BCUT2D eigenvalue weighted by atomic mass is 16.2. The van der Waals surface area contributed by atoms with E-state index in [0.717, 1.165) is 39.0 Å². The van der Waals surface area contributed by atoms with Crippen LogP contribution in [0.5, 0.6) is 0 Å². The van der Waals surface area contributed by atoms with Crippen LogP contribution in [0.3, 0.4) is 0 Å². The molecule has 4 heteroatoms. The maximum Gasteiger partial charge on any atom is 0.236 e. The first-order valence-corrected chi connectivity index (χ1v) is 7.03. The van der Waals surface area contributed by atoms with E-state index in [0.29, 0.717) is 18.5 Å². The molecule has 0 spiro atoms. The molecule has 2 fully saturated rings. The summed E-state index contributed by atoms with van der Waals surface area (Å²) in [6, 6.07) is 0.602. The molecular formula is C13H25N3O. The third-order valence-electron chi connectivity index (χ3n) is 4.04. The van der Waals surface area contributed by atoms with Crippen molar-refractivity contribution in [3.63, 3.8) is 0 Å². The molecule has 2 rings (SSSR count). The number of carbonyl (C=O) groups excluding carboxylic acids is 1. The van der Waals surface area contributed by atoms with Gasteiger partial charge >= 0.3 is 0 Å². The average molecular weight is 239 g/mol. The number of hydrogen-bond donors (Lipinski definition) is 1. The van der Waals surface area contributed by atoms with Gasteiger partial charge < -0.3 is 10.6 Å². The molecule has 98 valence electrons. The van der Waals surface area contributed by atoms with Gasteiger partial charge in [-0.1, -0.05) is 0 Å². The number of likely N-dealkylation sites (tertiary alicyclic amines) is 2. The highest BCUT2D eigenvalue weighted by molar-refractivity contribution is 5.78. The second kappa shape index (κ2) is 6.36. The normalized spacial score (nSPS) is 25.7. The molecule has 2 aliphatic heterocycles. The fourth-order valence-corrected chi connectivity index (χ4v) is 3.02. The highest BCUT2D eigenvalue weighted by Crippen LogP contribution is 2.21. The first-order valence-electron chi connectivity index (χ1n) is 7.03. The van der Waals surface area contributed by atoms with Crippen LogP contribution in [0.4, 0.5) is 0 Å². The van der Waals surface area contributed by atoms with Crippen molar-refractivity contribution in [2.45, 2.75) is 44.6 Å². The Morgan fingerprint density at radius 2 is 1.94 bits per heavy atom. The standard InChI is InChI=1S/C13H25N3O/c14-7-3-5-12-6-4-10-16(12)11-13(17)15-8-1-2-9-15/h12H,1-11,14H2. The van der Waals surface area contributed by atoms with Gasteiger partial charge in [0, 0.05) is 19.1 Å². The molecule has 2 heterocycles. The Morgan fingerprint density at radius 3 is 2.65 bits per heavy atom. The van der Waals surface area contributed by atoms with Gasteiger partial charge in [-0.05, 0) is 51.6 Å². The minimum Gasteiger partial charge on any atom is -0.342 e. The van der Waals surface area contributed by atoms with Crippen molar-refractivity contribution < 1.29 is 4.79 Å². The van der Waals surface area contributed by atoms with Crippen LogP contribution in [0, 0.1) is 0 Å². The Labute approximate surface area is 104 Å². The Morgan fingerprint density at radius 1 is 1.18 bits per heavy atom. The number of amides is 1. The molecule has 1 unspecified atom stereocenters. The predicted molar refractivity (Wildman–Crippen MR) is 68.7 cm³/mol. The molecule has 4 nitrogen and oxygen atoms in total. The topological polar surface area (TPSA) is 49.6 Å². The molecule has 0 aromatic rings. The first kappa shape index (κ1) is 12.8. The summed E-state index contributed by atoms with van der Waals surface area (Å²) in [6.07, 6.45) is 7.09. The second-order valence-electron chi connectivity index (χ2n) is 5.29. The van der Waals surface area contributed by atoms with Gasteiger partial charge in [0.2, 0.25) is 5.91 Å². The van der Waals surface area contributed by atoms with E-state index in [4.69, 9.17) is 5.73 Å². The maximum atomic E-state index is 12.1. The lowest BCUT2D eigenvalue weighted by molar-refractivity contribution is -0.131. The molecule has 2 aliphatic rings. The van der Waals surface area contributed by atoms with Gasteiger partial charge in [0.25, 0.3) is 0 Å². The molecule has 0 radical (unpaired) electrons. The number of nitrogens with two attached hydrogens (primary N) is 1. The van der Waals surface area contributed by atoms with Crippen molar-refractivity contribution in [2.24, 2.45) is 5.73 Å². The maximum absolute atomic E-state index is 12.1. The summed E-state index contributed by atoms with van der Waals surface area (Å²) in [4.78, 5) is 16.5. The number of nitrogens with zero attached hydrogens (tertiary/aromatic N) is 2. The zero-order valence-electron chi connectivity index (χ0n) is 10.7. The van der Waals surface area contributed by atoms with Crippen molar-refractivity contribution in [3.8, 4) is 0 Å². The fraction of sp³-hybridized carbons (Fsp3) is 0.923. The van der Waals surface area contributed by atoms with Gasteiger partial charge in [-0.3, -0.25) is 9.69 Å². The Hall–Kier alpha value is -0.610. The lowest BCUT2D eigenvalue weighted by Gasteiger charge is -2.26. The summed E-state index contributed by atoms with van der Waals surface area (Å²) in [6.45, 7) is 4.44. The van der Waals surface area contributed by atoms with E-state index in [9.17, 15) is 4.79 Å². The molecule has 0 aliphatic carbocycles. The van der Waals surface area contributed by atoms with Crippen molar-refractivity contribution in [3.05, 3.63) is 0 Å². The first-order chi connectivity index (χ1) is 8.31. The van der Waals surface area contributed by atoms with E-state index in [1.807, 2.05) is 4.90 Å². The van der Waals surface area contributed by atoms with E-state index in [1.54, 1.807) is 0 Å². The van der Waals surface area contributed by atoms with Gasteiger partial charge in [0.15, 0.2) is 0 Å². The van der Waals surface area contributed by atoms with Crippen molar-refractivity contribution >= 4 is 5.91 Å². The third-order valence-corrected chi connectivity index (χ3v) is 4.04. The highest BCUT2D eigenvalue weighted by Gasteiger charge is 2.28. The van der Waals surface area contributed by atoms with Crippen molar-refractivity contribution in [1.29, 1.82) is 0 Å². The minimum atomic E-state index is 0.335. The van der Waals surface area contributed by atoms with E-state index in [-0.39, 0.29) is 0 Å². The zero-order valence-corrected chi connectivity index (χ0v) is 10.7. The quantitative estimate of drug-likeness (QED) is 0.772. The van der Waals surface area contributed by atoms with Crippen LogP contribution in [-0.2, 0) is 4.79 Å². The lowest BCUT2D eigenvalue weighted by atomic mass is 10.1. The molecule has 2 N–H and O–H groups in total. The summed E-state index contributed by atoms with van der Waals surface area (Å²) in [7, 11) is 0. The van der Waals surface area contributed by atoms with Crippen LogP contribution in [0.25, 0.3) is 0 Å². The third kappa shape index (κ3) is 3.42. The van der Waals surface area contributed by atoms with E-state index in [2.05, 4.69) is 4.90 Å². The van der Waals surface area contributed by atoms with E-state index in [1.165, 1.54) is 25.7 Å². The molecule has 0 bridgehead atoms. The Bertz CT molecular complexity index is 251. The molecule has 17 heavy (non-hydrogen) atoms. The molecule has 1 amide bonds. The van der Waals surface area contributed by atoms with E-state index < -0.39 is 0 Å². The summed E-state index contributed by atoms with van der Waals surface area (Å²) in [5, 5.41) is 0. The van der Waals surface area contributed by atoms with Gasteiger partial charge in [0.05, 0.1) is 6.54 Å². The molecule has 0 aromatic heterocycles.